The summed E-state index contributed by atoms with van der Waals surface area (Å²) >= 11 is 0. The molecule has 1 heterocycles. The number of hydrogen-bond donors (Lipinski definition) is 0. The van der Waals surface area contributed by atoms with E-state index in [1.54, 1.807) is 18.2 Å². The summed E-state index contributed by atoms with van der Waals surface area (Å²) in [6.07, 6.45) is 2.62. The zero-order valence-electron chi connectivity index (χ0n) is 12.8. The molecule has 1 atom stereocenters. The van der Waals surface area contributed by atoms with Crippen molar-refractivity contribution in [3.8, 4) is 5.75 Å². The van der Waals surface area contributed by atoms with Crippen LogP contribution in [0.2, 0.25) is 0 Å². The van der Waals surface area contributed by atoms with E-state index in [0.29, 0.717) is 24.7 Å². The number of para-hydroxylation sites is 1. The molecular formula is C17H24FNO2. The van der Waals surface area contributed by atoms with Crippen molar-refractivity contribution in [1.82, 2.24) is 4.90 Å². The maximum absolute atomic E-state index is 13.5. The van der Waals surface area contributed by atoms with E-state index in [1.807, 2.05) is 4.90 Å². The molecule has 1 aliphatic rings. The van der Waals surface area contributed by atoms with Crippen LogP contribution in [0.5, 0.6) is 5.75 Å². The molecule has 0 radical (unpaired) electrons. The molecule has 1 unspecified atom stereocenters. The minimum atomic E-state index is -0.332. The molecule has 1 aromatic carbocycles. The van der Waals surface area contributed by atoms with Gasteiger partial charge in [0.1, 0.15) is 0 Å². The smallest absolute Gasteiger partial charge is 0.222 e. The van der Waals surface area contributed by atoms with Gasteiger partial charge in [0.15, 0.2) is 11.6 Å². The van der Waals surface area contributed by atoms with E-state index in [4.69, 9.17) is 4.74 Å². The molecule has 0 N–H and O–H groups in total. The predicted molar refractivity (Wildman–Crippen MR) is 80.7 cm³/mol. The van der Waals surface area contributed by atoms with Crippen LogP contribution in [-0.2, 0) is 4.79 Å². The van der Waals surface area contributed by atoms with Gasteiger partial charge in [0.05, 0.1) is 6.61 Å². The molecule has 1 fully saturated rings. The third-order valence-corrected chi connectivity index (χ3v) is 3.77. The Morgan fingerprint density at radius 3 is 2.90 bits per heavy atom. The van der Waals surface area contributed by atoms with Crippen LogP contribution in [0.25, 0.3) is 0 Å². The molecule has 0 spiro atoms. The molecule has 1 aliphatic heterocycles. The number of halogens is 1. The summed E-state index contributed by atoms with van der Waals surface area (Å²) in [5, 5.41) is 0. The molecule has 1 aromatic rings. The number of rotatable bonds is 5. The summed E-state index contributed by atoms with van der Waals surface area (Å²) in [7, 11) is 0. The maximum atomic E-state index is 13.5. The number of ether oxygens (including phenoxy) is 1. The largest absolute Gasteiger partial charge is 0.490 e. The molecule has 116 valence electrons. The highest BCUT2D eigenvalue weighted by Crippen LogP contribution is 2.21. The fourth-order valence-corrected chi connectivity index (χ4v) is 2.68. The lowest BCUT2D eigenvalue weighted by Gasteiger charge is -2.33. The summed E-state index contributed by atoms with van der Waals surface area (Å²) < 4.78 is 19.1. The second-order valence-electron chi connectivity index (χ2n) is 6.19. The van der Waals surface area contributed by atoms with Gasteiger partial charge < -0.3 is 9.64 Å². The lowest BCUT2D eigenvalue weighted by molar-refractivity contribution is -0.134. The first-order valence-corrected chi connectivity index (χ1v) is 7.71. The van der Waals surface area contributed by atoms with Gasteiger partial charge in [0.25, 0.3) is 0 Å². The molecule has 0 bridgehead atoms. The standard InChI is InChI=1S/C17H24FNO2/c1-13(2)10-17(20)19-9-5-6-14(11-19)12-21-16-8-4-3-7-15(16)18/h3-4,7-8,13-14H,5-6,9-12H2,1-2H3. The van der Waals surface area contributed by atoms with Crippen molar-refractivity contribution in [2.45, 2.75) is 33.1 Å². The molecule has 21 heavy (non-hydrogen) atoms. The van der Waals surface area contributed by atoms with E-state index in [1.165, 1.54) is 6.07 Å². The van der Waals surface area contributed by atoms with Gasteiger partial charge in [-0.2, -0.15) is 0 Å². The second kappa shape index (κ2) is 7.43. The first kappa shape index (κ1) is 15.8. The molecule has 1 amide bonds. The molecule has 3 nitrogen and oxygen atoms in total. The normalized spacial score (nSPS) is 18.9. The van der Waals surface area contributed by atoms with Crippen molar-refractivity contribution < 1.29 is 13.9 Å². The van der Waals surface area contributed by atoms with Gasteiger partial charge >= 0.3 is 0 Å². The molecule has 4 heteroatoms. The average Bonchev–Trinajstić information content (AvgIpc) is 2.46. The van der Waals surface area contributed by atoms with Crippen LogP contribution in [0.4, 0.5) is 4.39 Å². The van der Waals surface area contributed by atoms with Crippen LogP contribution in [-0.4, -0.2) is 30.5 Å². The Kier molecular flexibility index (Phi) is 5.59. The third-order valence-electron chi connectivity index (χ3n) is 3.77. The molecule has 1 saturated heterocycles. The van der Waals surface area contributed by atoms with E-state index in [0.717, 1.165) is 25.9 Å². The summed E-state index contributed by atoms with van der Waals surface area (Å²) in [4.78, 5) is 14.0. The van der Waals surface area contributed by atoms with Gasteiger partial charge in [-0.05, 0) is 30.9 Å². The number of hydrogen-bond acceptors (Lipinski definition) is 2. The van der Waals surface area contributed by atoms with Gasteiger partial charge in [0.2, 0.25) is 5.91 Å². The quantitative estimate of drug-likeness (QED) is 0.831. The Morgan fingerprint density at radius 1 is 1.43 bits per heavy atom. The fraction of sp³-hybridized carbons (Fsp3) is 0.588. The maximum Gasteiger partial charge on any atom is 0.222 e. The Labute approximate surface area is 126 Å². The molecular weight excluding hydrogens is 269 g/mol. The third kappa shape index (κ3) is 4.73. The molecule has 0 aliphatic carbocycles. The second-order valence-corrected chi connectivity index (χ2v) is 6.19. The minimum absolute atomic E-state index is 0.223. The van der Waals surface area contributed by atoms with Crippen LogP contribution in [0.15, 0.2) is 24.3 Å². The first-order chi connectivity index (χ1) is 10.1. The number of benzene rings is 1. The van der Waals surface area contributed by atoms with Crippen molar-refractivity contribution in [2.75, 3.05) is 19.7 Å². The van der Waals surface area contributed by atoms with Crippen LogP contribution in [0.3, 0.4) is 0 Å². The number of carbonyl (C=O) groups is 1. The Morgan fingerprint density at radius 2 is 2.19 bits per heavy atom. The first-order valence-electron chi connectivity index (χ1n) is 7.71. The monoisotopic (exact) mass is 293 g/mol. The van der Waals surface area contributed by atoms with Gasteiger partial charge in [-0.25, -0.2) is 4.39 Å². The lowest BCUT2D eigenvalue weighted by atomic mass is 9.98. The average molecular weight is 293 g/mol. The van der Waals surface area contributed by atoms with E-state index in [9.17, 15) is 9.18 Å². The van der Waals surface area contributed by atoms with Crippen molar-refractivity contribution in [3.05, 3.63) is 30.1 Å². The number of likely N-dealkylation sites (tertiary alicyclic amines) is 1. The molecule has 2 rings (SSSR count). The summed E-state index contributed by atoms with van der Waals surface area (Å²) in [5.41, 5.74) is 0. The van der Waals surface area contributed by atoms with Crippen molar-refractivity contribution in [3.63, 3.8) is 0 Å². The predicted octanol–water partition coefficient (Wildman–Crippen LogP) is 3.49. The number of amides is 1. The minimum Gasteiger partial charge on any atom is -0.490 e. The number of carbonyl (C=O) groups excluding carboxylic acids is 1. The van der Waals surface area contributed by atoms with E-state index in [-0.39, 0.29) is 17.6 Å². The highest BCUT2D eigenvalue weighted by Gasteiger charge is 2.24. The van der Waals surface area contributed by atoms with Crippen LogP contribution in [0.1, 0.15) is 33.1 Å². The zero-order chi connectivity index (χ0) is 15.2. The Hall–Kier alpha value is -1.58. The van der Waals surface area contributed by atoms with Gasteiger partial charge in [-0.15, -0.1) is 0 Å². The van der Waals surface area contributed by atoms with E-state index >= 15 is 0 Å². The van der Waals surface area contributed by atoms with Crippen LogP contribution < -0.4 is 4.74 Å². The van der Waals surface area contributed by atoms with E-state index < -0.39 is 0 Å². The van der Waals surface area contributed by atoms with Crippen molar-refractivity contribution >= 4 is 5.91 Å². The van der Waals surface area contributed by atoms with Gasteiger partial charge in [-0.3, -0.25) is 4.79 Å². The summed E-state index contributed by atoms with van der Waals surface area (Å²) in [6, 6.07) is 6.45. The van der Waals surface area contributed by atoms with Crippen molar-refractivity contribution in [2.24, 2.45) is 11.8 Å². The highest BCUT2D eigenvalue weighted by atomic mass is 19.1. The van der Waals surface area contributed by atoms with Crippen LogP contribution >= 0.6 is 0 Å². The SMILES string of the molecule is CC(C)CC(=O)N1CCCC(COc2ccccc2F)C1. The van der Waals surface area contributed by atoms with Gasteiger partial charge in [0, 0.05) is 25.4 Å². The van der Waals surface area contributed by atoms with Crippen molar-refractivity contribution in [1.29, 1.82) is 0 Å². The highest BCUT2D eigenvalue weighted by molar-refractivity contribution is 5.76. The Bertz CT molecular complexity index is 476. The molecule has 0 saturated carbocycles. The number of nitrogens with zero attached hydrogens (tertiary/aromatic N) is 1. The van der Waals surface area contributed by atoms with Crippen LogP contribution in [0, 0.1) is 17.7 Å². The van der Waals surface area contributed by atoms with Gasteiger partial charge in [-0.1, -0.05) is 26.0 Å². The molecule has 0 aromatic heterocycles. The topological polar surface area (TPSA) is 29.5 Å². The summed E-state index contributed by atoms with van der Waals surface area (Å²) in [5.74, 6) is 0.854. The summed E-state index contributed by atoms with van der Waals surface area (Å²) in [6.45, 7) is 6.13. The zero-order valence-corrected chi connectivity index (χ0v) is 12.8. The number of piperidine rings is 1. The Balaban J connectivity index is 1.84. The fourth-order valence-electron chi connectivity index (χ4n) is 2.68. The lowest BCUT2D eigenvalue weighted by Crippen LogP contribution is -2.42. The van der Waals surface area contributed by atoms with E-state index in [2.05, 4.69) is 13.8 Å².